The van der Waals surface area contributed by atoms with Gasteiger partial charge in [0.1, 0.15) is 24.8 Å². The Morgan fingerprint density at radius 3 is 1.96 bits per heavy atom. The number of hydrogen-bond acceptors (Lipinski definition) is 7. The van der Waals surface area contributed by atoms with E-state index in [1.807, 2.05) is 66.7 Å². The molecule has 1 amide bonds. The van der Waals surface area contributed by atoms with Crippen LogP contribution in [0.15, 0.2) is 91.0 Å². The Balaban J connectivity index is 0.000000591. The molecule has 45 heavy (non-hydrogen) atoms. The highest BCUT2D eigenvalue weighted by Crippen LogP contribution is 2.36. The molecule has 3 aromatic carbocycles. The molecular formula is C33H33F3N2O7. The second-order valence-corrected chi connectivity index (χ2v) is 11.0. The molecule has 1 N–H and O–H groups in total. The largest absolute Gasteiger partial charge is 0.542 e. The van der Waals surface area contributed by atoms with Gasteiger partial charge in [-0.05, 0) is 17.7 Å². The third-order valence-electron chi connectivity index (χ3n) is 7.90. The van der Waals surface area contributed by atoms with E-state index < -0.39 is 30.1 Å². The van der Waals surface area contributed by atoms with Crippen LogP contribution in [0.3, 0.4) is 0 Å². The molecule has 2 atom stereocenters. The van der Waals surface area contributed by atoms with Gasteiger partial charge in [0, 0.05) is 24.3 Å². The highest BCUT2D eigenvalue weighted by Gasteiger charge is 2.49. The van der Waals surface area contributed by atoms with Crippen molar-refractivity contribution < 1.29 is 51.4 Å². The summed E-state index contributed by atoms with van der Waals surface area (Å²) in [6, 6.07) is 26.6. The van der Waals surface area contributed by atoms with E-state index in [0.717, 1.165) is 25.9 Å². The first-order valence-electron chi connectivity index (χ1n) is 14.4. The number of fused-ring (bicyclic) bond motifs is 3. The van der Waals surface area contributed by atoms with Crippen molar-refractivity contribution in [3.05, 3.63) is 102 Å². The molecule has 3 aliphatic rings. The number of carbonyl (C=O) groups is 4. The Kier molecular flexibility index (Phi) is 10.9. The number of carboxylic acids is 1. The molecule has 0 saturated carbocycles. The lowest BCUT2D eigenvalue weighted by Gasteiger charge is -2.51. The van der Waals surface area contributed by atoms with E-state index in [1.54, 1.807) is 24.3 Å². The SMILES string of the molecule is O=C(COc1ccccc1)NC(C(=O)O[C@H]1C[N+]2(CC(=O)c3ccccc3)CCC1CC2)c1ccccc1.O=C([O-])C(F)(F)F. The number of rotatable bonds is 10. The van der Waals surface area contributed by atoms with E-state index in [4.69, 9.17) is 19.4 Å². The molecule has 3 saturated heterocycles. The number of nitrogens with one attached hydrogen (secondary N) is 1. The number of alkyl halides is 3. The molecule has 1 unspecified atom stereocenters. The van der Waals surface area contributed by atoms with Gasteiger partial charge >= 0.3 is 12.1 Å². The number of halogens is 3. The fraction of sp³-hybridized carbons (Fsp3) is 0.333. The summed E-state index contributed by atoms with van der Waals surface area (Å²) < 4.78 is 43.8. The number of para-hydroxylation sites is 1. The van der Waals surface area contributed by atoms with Crippen LogP contribution in [0.1, 0.15) is 34.8 Å². The van der Waals surface area contributed by atoms with Crippen LogP contribution >= 0.6 is 0 Å². The molecule has 3 heterocycles. The lowest BCUT2D eigenvalue weighted by Crippen LogP contribution is -2.66. The second-order valence-electron chi connectivity index (χ2n) is 11.0. The van der Waals surface area contributed by atoms with Crippen molar-refractivity contribution in [3.8, 4) is 5.75 Å². The number of ether oxygens (including phenoxy) is 2. The molecule has 3 aliphatic heterocycles. The number of nitrogens with zero attached hydrogens (tertiary/aromatic N) is 1. The average molecular weight is 627 g/mol. The molecule has 6 rings (SSSR count). The van der Waals surface area contributed by atoms with Gasteiger partial charge in [-0.3, -0.25) is 9.59 Å². The molecule has 238 valence electrons. The third-order valence-corrected chi connectivity index (χ3v) is 7.90. The van der Waals surface area contributed by atoms with Crippen molar-refractivity contribution in [2.75, 3.05) is 32.8 Å². The van der Waals surface area contributed by atoms with Crippen LogP contribution in [-0.2, 0) is 19.1 Å². The van der Waals surface area contributed by atoms with E-state index in [2.05, 4.69) is 5.32 Å². The maximum absolute atomic E-state index is 13.5. The van der Waals surface area contributed by atoms with Gasteiger partial charge in [0.2, 0.25) is 5.78 Å². The van der Waals surface area contributed by atoms with Crippen molar-refractivity contribution in [3.63, 3.8) is 0 Å². The smallest absolute Gasteiger partial charge is 0.430 e. The van der Waals surface area contributed by atoms with Crippen molar-refractivity contribution >= 4 is 23.6 Å². The Morgan fingerprint density at radius 1 is 0.867 bits per heavy atom. The van der Waals surface area contributed by atoms with Gasteiger partial charge in [-0.25, -0.2) is 4.79 Å². The van der Waals surface area contributed by atoms with Gasteiger partial charge in [-0.2, -0.15) is 13.2 Å². The molecule has 2 bridgehead atoms. The normalized spacial score (nSPS) is 21.0. The minimum absolute atomic E-state index is 0.115. The van der Waals surface area contributed by atoms with Gasteiger partial charge in [0.25, 0.3) is 5.91 Å². The second kappa shape index (κ2) is 14.8. The Bertz CT molecular complexity index is 1450. The lowest BCUT2D eigenvalue weighted by molar-refractivity contribution is -0.938. The van der Waals surface area contributed by atoms with Crippen LogP contribution in [0.2, 0.25) is 0 Å². The molecule has 0 radical (unpaired) electrons. The molecule has 9 nitrogen and oxygen atoms in total. The number of quaternary nitrogens is 1. The predicted octanol–water partition coefficient (Wildman–Crippen LogP) is 3.26. The number of aliphatic carboxylic acids is 1. The van der Waals surface area contributed by atoms with Gasteiger partial charge in [-0.1, -0.05) is 78.9 Å². The zero-order valence-electron chi connectivity index (χ0n) is 24.3. The van der Waals surface area contributed by atoms with Gasteiger partial charge < -0.3 is 29.2 Å². The molecule has 3 aromatic rings. The first-order chi connectivity index (χ1) is 21.5. The summed E-state index contributed by atoms with van der Waals surface area (Å²) in [5.41, 5.74) is 1.36. The van der Waals surface area contributed by atoms with E-state index >= 15 is 0 Å². The predicted molar refractivity (Wildman–Crippen MR) is 153 cm³/mol. The summed E-state index contributed by atoms with van der Waals surface area (Å²) in [6.45, 7) is 2.62. The van der Waals surface area contributed by atoms with Gasteiger partial charge in [0.05, 0.1) is 13.1 Å². The standard InChI is InChI=1S/C31H32N2O5.C2HF3O2/c34-27(23-10-4-1-5-11-23)20-33-18-16-24(17-19-33)28(21-33)38-31(36)30(25-12-6-2-7-13-25)32-29(35)22-37-26-14-8-3-9-15-26;3-2(4,5)1(6)7/h1-15,24,28,30H,16-22H2;(H,6,7)/t24?,28-,30?,33?;/m0./s1. The van der Waals surface area contributed by atoms with Crippen LogP contribution in [0.25, 0.3) is 0 Å². The van der Waals surface area contributed by atoms with Gasteiger partial charge in [0.15, 0.2) is 18.8 Å². The number of piperidine rings is 3. The number of Topliss-reactive ketones (excluding diaryl/α,β-unsaturated/α-hetero) is 1. The topological polar surface area (TPSA) is 122 Å². The quantitative estimate of drug-likeness (QED) is 0.208. The molecule has 0 aromatic heterocycles. The summed E-state index contributed by atoms with van der Waals surface area (Å²) in [5, 5.41) is 11.6. The van der Waals surface area contributed by atoms with Crippen molar-refractivity contribution in [2.45, 2.75) is 31.2 Å². The molecule has 0 spiro atoms. The van der Waals surface area contributed by atoms with E-state index in [9.17, 15) is 27.6 Å². The van der Waals surface area contributed by atoms with Crippen molar-refractivity contribution in [2.24, 2.45) is 5.92 Å². The Labute approximate surface area is 258 Å². The average Bonchev–Trinajstić information content (AvgIpc) is 3.04. The molecule has 12 heteroatoms. The van der Waals surface area contributed by atoms with Crippen LogP contribution in [0.4, 0.5) is 13.2 Å². The number of ketones is 1. The number of benzene rings is 3. The summed E-state index contributed by atoms with van der Waals surface area (Å²) >= 11 is 0. The van der Waals surface area contributed by atoms with E-state index in [0.29, 0.717) is 34.4 Å². The first kappa shape index (κ1) is 33.2. The van der Waals surface area contributed by atoms with Crippen LogP contribution < -0.4 is 15.2 Å². The number of carbonyl (C=O) groups excluding carboxylic acids is 4. The minimum Gasteiger partial charge on any atom is -0.542 e. The maximum Gasteiger partial charge on any atom is 0.430 e. The summed E-state index contributed by atoms with van der Waals surface area (Å²) in [5.74, 6) is -2.95. The summed E-state index contributed by atoms with van der Waals surface area (Å²) in [6.07, 6.45) is -3.67. The monoisotopic (exact) mass is 626 g/mol. The Hall–Kier alpha value is -4.71. The summed E-state index contributed by atoms with van der Waals surface area (Å²) in [7, 11) is 0. The summed E-state index contributed by atoms with van der Waals surface area (Å²) in [4.78, 5) is 48.0. The first-order valence-corrected chi connectivity index (χ1v) is 14.4. The van der Waals surface area contributed by atoms with Crippen LogP contribution in [-0.4, -0.2) is 73.2 Å². The van der Waals surface area contributed by atoms with Crippen LogP contribution in [0.5, 0.6) is 5.75 Å². The van der Waals surface area contributed by atoms with Crippen LogP contribution in [0, 0.1) is 5.92 Å². The molecule has 0 aliphatic carbocycles. The van der Waals surface area contributed by atoms with E-state index in [-0.39, 0.29) is 24.4 Å². The maximum atomic E-state index is 13.5. The third kappa shape index (κ3) is 9.39. The van der Waals surface area contributed by atoms with E-state index in [1.165, 1.54) is 0 Å². The highest BCUT2D eigenvalue weighted by molar-refractivity contribution is 5.97. The highest BCUT2D eigenvalue weighted by atomic mass is 19.4. The zero-order chi connectivity index (χ0) is 32.5. The molecule has 3 fully saturated rings. The van der Waals surface area contributed by atoms with Crippen molar-refractivity contribution in [1.29, 1.82) is 0 Å². The zero-order valence-corrected chi connectivity index (χ0v) is 24.3. The number of esters is 1. The minimum atomic E-state index is -5.19. The fourth-order valence-electron chi connectivity index (χ4n) is 5.61. The number of carboxylic acid groups (broad SMARTS) is 1. The molecular weight excluding hydrogens is 593 g/mol. The Morgan fingerprint density at radius 2 is 1.40 bits per heavy atom. The number of amides is 1. The lowest BCUT2D eigenvalue weighted by atomic mass is 9.82. The van der Waals surface area contributed by atoms with Crippen molar-refractivity contribution in [1.82, 2.24) is 5.32 Å². The number of hydrogen-bond donors (Lipinski definition) is 1. The van der Waals surface area contributed by atoms with Gasteiger partial charge in [-0.15, -0.1) is 0 Å². The fourth-order valence-corrected chi connectivity index (χ4v) is 5.61.